The first-order valence-corrected chi connectivity index (χ1v) is 5.08. The zero-order chi connectivity index (χ0) is 11.5. The van der Waals surface area contributed by atoms with Gasteiger partial charge in [-0.25, -0.2) is 4.39 Å². The summed E-state index contributed by atoms with van der Waals surface area (Å²) < 4.78 is 13.0. The van der Waals surface area contributed by atoms with Crippen LogP contribution in [0, 0.1) is 5.82 Å². The molecule has 2 rings (SSSR count). The molecule has 0 saturated carbocycles. The highest BCUT2D eigenvalue weighted by molar-refractivity contribution is 6.31. The van der Waals surface area contributed by atoms with Crippen LogP contribution in [0.1, 0.15) is 5.56 Å². The fraction of sp³-hybridized carbons (Fsp3) is 0.0833. The molecule has 4 heteroatoms. The van der Waals surface area contributed by atoms with E-state index >= 15 is 0 Å². The Balaban J connectivity index is 2.45. The second-order valence-corrected chi connectivity index (χ2v) is 3.76. The average molecular weight is 238 g/mol. The molecule has 0 aliphatic carbocycles. The third kappa shape index (κ3) is 2.21. The summed E-state index contributed by atoms with van der Waals surface area (Å²) in [6, 6.07) is 6.55. The predicted molar refractivity (Wildman–Crippen MR) is 60.6 cm³/mol. The molecule has 82 valence electrons. The normalized spacial score (nSPS) is 10.4. The number of hydrogen-bond donors (Lipinski definition) is 1. The van der Waals surface area contributed by atoms with Crippen LogP contribution in [0.2, 0.25) is 5.02 Å². The summed E-state index contributed by atoms with van der Waals surface area (Å²) in [5.41, 5.74) is 2.08. The molecule has 0 unspecified atom stereocenters. The Kier molecular flexibility index (Phi) is 3.17. The van der Waals surface area contributed by atoms with Crippen LogP contribution in [0.15, 0.2) is 36.7 Å². The van der Waals surface area contributed by atoms with Gasteiger partial charge in [-0.1, -0.05) is 23.7 Å². The van der Waals surface area contributed by atoms with Crippen LogP contribution in [0.4, 0.5) is 4.39 Å². The zero-order valence-corrected chi connectivity index (χ0v) is 9.08. The van der Waals surface area contributed by atoms with Crippen LogP contribution in [0.25, 0.3) is 11.1 Å². The Labute approximate surface area is 97.3 Å². The molecule has 0 radical (unpaired) electrons. The summed E-state index contributed by atoms with van der Waals surface area (Å²) in [6.45, 7) is -0.111. The minimum atomic E-state index is -0.389. The summed E-state index contributed by atoms with van der Waals surface area (Å²) in [4.78, 5) is 3.77. The van der Waals surface area contributed by atoms with Gasteiger partial charge in [-0.05, 0) is 23.3 Å². The standard InChI is InChI=1S/C12H9ClFNO/c13-12-4-8(1-2-9(12)7-16)10-3-11(14)6-15-5-10/h1-6,16H,7H2. The number of rotatable bonds is 2. The van der Waals surface area contributed by atoms with Gasteiger partial charge in [0.25, 0.3) is 0 Å². The maximum absolute atomic E-state index is 13.0. The van der Waals surface area contributed by atoms with Crippen LogP contribution < -0.4 is 0 Å². The van der Waals surface area contributed by atoms with Crippen molar-refractivity contribution in [3.8, 4) is 11.1 Å². The maximum atomic E-state index is 13.0. The van der Waals surface area contributed by atoms with Crippen molar-refractivity contribution in [2.24, 2.45) is 0 Å². The first-order valence-electron chi connectivity index (χ1n) is 4.71. The highest BCUT2D eigenvalue weighted by Gasteiger charge is 2.04. The number of halogens is 2. The molecule has 16 heavy (non-hydrogen) atoms. The van der Waals surface area contributed by atoms with Gasteiger partial charge in [-0.2, -0.15) is 0 Å². The van der Waals surface area contributed by atoms with Gasteiger partial charge < -0.3 is 5.11 Å². The Morgan fingerprint density at radius 3 is 2.62 bits per heavy atom. The topological polar surface area (TPSA) is 33.1 Å². The van der Waals surface area contributed by atoms with Gasteiger partial charge in [-0.15, -0.1) is 0 Å². The van der Waals surface area contributed by atoms with E-state index < -0.39 is 0 Å². The van der Waals surface area contributed by atoms with Gasteiger partial charge in [0.1, 0.15) is 5.82 Å². The van der Waals surface area contributed by atoms with Crippen molar-refractivity contribution in [3.63, 3.8) is 0 Å². The Bertz CT molecular complexity index is 516. The van der Waals surface area contributed by atoms with Gasteiger partial charge in [0.2, 0.25) is 0 Å². The molecular formula is C12H9ClFNO. The highest BCUT2D eigenvalue weighted by Crippen LogP contribution is 2.25. The van der Waals surface area contributed by atoms with Crippen LogP contribution in [0.5, 0.6) is 0 Å². The number of pyridine rings is 1. The third-order valence-corrected chi connectivity index (χ3v) is 2.61. The van der Waals surface area contributed by atoms with Gasteiger partial charge in [-0.3, -0.25) is 4.98 Å². The molecule has 0 saturated heterocycles. The van der Waals surface area contributed by atoms with Crippen molar-refractivity contribution in [3.05, 3.63) is 53.1 Å². The molecule has 2 aromatic rings. The van der Waals surface area contributed by atoms with Gasteiger partial charge in [0, 0.05) is 16.8 Å². The third-order valence-electron chi connectivity index (χ3n) is 2.26. The van der Waals surface area contributed by atoms with E-state index in [0.717, 1.165) is 11.8 Å². The van der Waals surface area contributed by atoms with E-state index in [1.165, 1.54) is 6.07 Å². The van der Waals surface area contributed by atoms with E-state index in [4.69, 9.17) is 16.7 Å². The molecule has 0 fully saturated rings. The Hall–Kier alpha value is -1.45. The number of aliphatic hydroxyl groups is 1. The first-order chi connectivity index (χ1) is 7.70. The lowest BCUT2D eigenvalue weighted by Crippen LogP contribution is -1.87. The summed E-state index contributed by atoms with van der Waals surface area (Å²) in [6.07, 6.45) is 2.71. The quantitative estimate of drug-likeness (QED) is 0.871. The highest BCUT2D eigenvalue weighted by atomic mass is 35.5. The number of hydrogen-bond acceptors (Lipinski definition) is 2. The lowest BCUT2D eigenvalue weighted by molar-refractivity contribution is 0.282. The molecule has 0 atom stereocenters. The molecule has 0 aliphatic rings. The molecule has 1 heterocycles. The van der Waals surface area contributed by atoms with Crippen molar-refractivity contribution in [1.82, 2.24) is 4.98 Å². The van der Waals surface area contributed by atoms with E-state index in [1.807, 2.05) is 0 Å². The SMILES string of the molecule is OCc1ccc(-c2cncc(F)c2)cc1Cl. The number of aromatic nitrogens is 1. The lowest BCUT2D eigenvalue weighted by atomic mass is 10.1. The second kappa shape index (κ2) is 4.60. The summed E-state index contributed by atoms with van der Waals surface area (Å²) in [5.74, 6) is -0.389. The Morgan fingerprint density at radius 1 is 1.19 bits per heavy atom. The molecule has 0 aliphatic heterocycles. The van der Waals surface area contributed by atoms with Crippen molar-refractivity contribution >= 4 is 11.6 Å². The van der Waals surface area contributed by atoms with E-state index in [1.54, 1.807) is 24.4 Å². The number of nitrogens with zero attached hydrogens (tertiary/aromatic N) is 1. The molecule has 1 aromatic carbocycles. The van der Waals surface area contributed by atoms with Crippen molar-refractivity contribution in [1.29, 1.82) is 0 Å². The minimum absolute atomic E-state index is 0.111. The molecule has 2 nitrogen and oxygen atoms in total. The summed E-state index contributed by atoms with van der Waals surface area (Å²) >= 11 is 5.95. The van der Waals surface area contributed by atoms with Crippen LogP contribution in [0.3, 0.4) is 0 Å². The lowest BCUT2D eigenvalue weighted by Gasteiger charge is -2.05. The molecule has 1 aromatic heterocycles. The summed E-state index contributed by atoms with van der Waals surface area (Å²) in [5, 5.41) is 9.43. The average Bonchev–Trinajstić information content (AvgIpc) is 2.29. The number of aliphatic hydroxyl groups excluding tert-OH is 1. The predicted octanol–water partition coefficient (Wildman–Crippen LogP) is 3.03. The van der Waals surface area contributed by atoms with Crippen molar-refractivity contribution in [2.45, 2.75) is 6.61 Å². The van der Waals surface area contributed by atoms with Crippen LogP contribution in [-0.4, -0.2) is 10.1 Å². The Morgan fingerprint density at radius 2 is 2.00 bits per heavy atom. The summed E-state index contributed by atoms with van der Waals surface area (Å²) in [7, 11) is 0. The molecule has 0 amide bonds. The maximum Gasteiger partial charge on any atom is 0.142 e. The largest absolute Gasteiger partial charge is 0.392 e. The molecular weight excluding hydrogens is 229 g/mol. The van der Waals surface area contributed by atoms with E-state index in [9.17, 15) is 4.39 Å². The van der Waals surface area contributed by atoms with E-state index in [0.29, 0.717) is 16.1 Å². The van der Waals surface area contributed by atoms with Gasteiger partial charge in [0.15, 0.2) is 0 Å². The number of benzene rings is 1. The fourth-order valence-electron chi connectivity index (χ4n) is 1.42. The van der Waals surface area contributed by atoms with Crippen LogP contribution >= 0.6 is 11.6 Å². The molecule has 0 bridgehead atoms. The molecule has 1 N–H and O–H groups in total. The first kappa shape index (κ1) is 11.0. The van der Waals surface area contributed by atoms with Crippen molar-refractivity contribution < 1.29 is 9.50 Å². The van der Waals surface area contributed by atoms with Gasteiger partial charge >= 0.3 is 0 Å². The van der Waals surface area contributed by atoms with Crippen molar-refractivity contribution in [2.75, 3.05) is 0 Å². The van der Waals surface area contributed by atoms with Gasteiger partial charge in [0.05, 0.1) is 12.8 Å². The minimum Gasteiger partial charge on any atom is -0.392 e. The zero-order valence-electron chi connectivity index (χ0n) is 8.32. The smallest absolute Gasteiger partial charge is 0.142 e. The van der Waals surface area contributed by atoms with Crippen LogP contribution in [-0.2, 0) is 6.61 Å². The van der Waals surface area contributed by atoms with E-state index in [-0.39, 0.29) is 12.4 Å². The molecule has 0 spiro atoms. The fourth-order valence-corrected chi connectivity index (χ4v) is 1.67. The second-order valence-electron chi connectivity index (χ2n) is 3.36. The monoisotopic (exact) mass is 237 g/mol. The van der Waals surface area contributed by atoms with E-state index in [2.05, 4.69) is 4.98 Å².